The third-order valence-corrected chi connectivity index (χ3v) is 2.56. The molecule has 0 unspecified atom stereocenters. The predicted molar refractivity (Wildman–Crippen MR) is 44.0 cm³/mol. The number of aromatic hydroxyl groups is 2. The largest absolute Gasteiger partial charge is 0.492 e. The van der Waals surface area contributed by atoms with Crippen molar-refractivity contribution in [1.82, 2.24) is 4.73 Å². The molecule has 1 aromatic heterocycles. The fourth-order valence-electron chi connectivity index (χ4n) is 0.612. The Morgan fingerprint density at radius 2 is 1.85 bits per heavy atom. The number of rotatable bonds is 3. The van der Waals surface area contributed by atoms with Gasteiger partial charge in [-0.25, -0.2) is 0 Å². The van der Waals surface area contributed by atoms with E-state index in [2.05, 4.69) is 4.28 Å². The number of halogens is 1. The molecule has 1 aromatic rings. The summed E-state index contributed by atoms with van der Waals surface area (Å²) in [6.07, 6.45) is 0. The van der Waals surface area contributed by atoms with Crippen molar-refractivity contribution in [2.75, 3.05) is 5.21 Å². The molecule has 0 bridgehead atoms. The summed E-state index contributed by atoms with van der Waals surface area (Å²) >= 11 is 5.03. The van der Waals surface area contributed by atoms with Crippen LogP contribution in [0.3, 0.4) is 0 Å². The van der Waals surface area contributed by atoms with Gasteiger partial charge >= 0.3 is 10.1 Å². The van der Waals surface area contributed by atoms with Crippen LogP contribution in [0.5, 0.6) is 11.8 Å². The van der Waals surface area contributed by atoms with E-state index >= 15 is 0 Å². The van der Waals surface area contributed by atoms with Gasteiger partial charge in [-0.15, -0.1) is 11.6 Å². The molecule has 0 atom stereocenters. The SMILES string of the molecule is O=S(=O)(CCl)On1c(O)ccc1O. The molecule has 0 radical (unpaired) electrons. The molecule has 0 spiro atoms. The summed E-state index contributed by atoms with van der Waals surface area (Å²) < 4.78 is 26.1. The second kappa shape index (κ2) is 3.35. The topological polar surface area (TPSA) is 88.8 Å². The first-order valence-corrected chi connectivity index (χ1v) is 5.16. The van der Waals surface area contributed by atoms with E-state index in [0.29, 0.717) is 4.73 Å². The summed E-state index contributed by atoms with van der Waals surface area (Å²) in [4.78, 5) is 0. The molecule has 8 heteroatoms. The molecule has 1 rings (SSSR count). The van der Waals surface area contributed by atoms with E-state index in [0.717, 1.165) is 12.1 Å². The summed E-state index contributed by atoms with van der Waals surface area (Å²) in [5, 5.41) is 17.1. The van der Waals surface area contributed by atoms with Crippen molar-refractivity contribution < 1.29 is 22.9 Å². The van der Waals surface area contributed by atoms with Crippen LogP contribution in [0.15, 0.2) is 12.1 Å². The predicted octanol–water partition coefficient (Wildman–Crippen LogP) is -0.146. The minimum atomic E-state index is -3.98. The normalized spacial score (nSPS) is 11.5. The highest BCUT2D eigenvalue weighted by atomic mass is 35.5. The van der Waals surface area contributed by atoms with Crippen LogP contribution in [0, 0.1) is 0 Å². The van der Waals surface area contributed by atoms with Gasteiger partial charge in [0.2, 0.25) is 11.8 Å². The monoisotopic (exact) mass is 227 g/mol. The highest BCUT2D eigenvalue weighted by Gasteiger charge is 2.15. The molecule has 1 heterocycles. The van der Waals surface area contributed by atoms with E-state index in [-0.39, 0.29) is 0 Å². The zero-order chi connectivity index (χ0) is 10.1. The maximum Gasteiger partial charge on any atom is 0.341 e. The molecule has 0 aromatic carbocycles. The first kappa shape index (κ1) is 10.0. The van der Waals surface area contributed by atoms with Crippen molar-refractivity contribution in [2.24, 2.45) is 0 Å². The Morgan fingerprint density at radius 3 is 2.23 bits per heavy atom. The Morgan fingerprint density at radius 1 is 1.38 bits per heavy atom. The Labute approximate surface area is 79.0 Å². The lowest BCUT2D eigenvalue weighted by molar-refractivity contribution is 0.204. The standard InChI is InChI=1S/C5H6ClNO5S/c6-3-13(10,11)12-7-4(8)1-2-5(7)9/h1-2,8-9H,3H2. The third kappa shape index (κ3) is 2.19. The Balaban J connectivity index is 2.99. The van der Waals surface area contributed by atoms with Gasteiger partial charge in [0.05, 0.1) is 0 Å². The lowest BCUT2D eigenvalue weighted by Gasteiger charge is -2.05. The van der Waals surface area contributed by atoms with Gasteiger partial charge in [-0.2, -0.15) is 8.42 Å². The van der Waals surface area contributed by atoms with Gasteiger partial charge in [0.25, 0.3) is 0 Å². The third-order valence-electron chi connectivity index (χ3n) is 1.12. The van der Waals surface area contributed by atoms with E-state index in [1.807, 2.05) is 0 Å². The molecule has 0 aliphatic carbocycles. The van der Waals surface area contributed by atoms with Crippen LogP contribution < -0.4 is 4.28 Å². The lowest BCUT2D eigenvalue weighted by atomic mass is 10.6. The number of hydrogen-bond donors (Lipinski definition) is 2. The molecule has 13 heavy (non-hydrogen) atoms. The van der Waals surface area contributed by atoms with Crippen molar-refractivity contribution in [3.05, 3.63) is 12.1 Å². The minimum absolute atomic E-state index is 0.345. The fraction of sp³-hybridized carbons (Fsp3) is 0.200. The van der Waals surface area contributed by atoms with Crippen molar-refractivity contribution in [2.45, 2.75) is 0 Å². The van der Waals surface area contributed by atoms with E-state index in [1.165, 1.54) is 0 Å². The Hall–Kier alpha value is -1.08. The van der Waals surface area contributed by atoms with Gasteiger partial charge in [-0.05, 0) is 0 Å². The second-order valence-corrected chi connectivity index (χ2v) is 4.22. The maximum absolute atomic E-state index is 10.8. The first-order valence-electron chi connectivity index (χ1n) is 3.04. The molecular formula is C5H6ClNO5S. The van der Waals surface area contributed by atoms with Crippen LogP contribution in [0.25, 0.3) is 0 Å². The number of aromatic nitrogens is 1. The van der Waals surface area contributed by atoms with E-state index in [1.54, 1.807) is 0 Å². The van der Waals surface area contributed by atoms with Gasteiger partial charge in [0.15, 0.2) is 5.21 Å². The highest BCUT2D eigenvalue weighted by Crippen LogP contribution is 2.19. The molecule has 0 aliphatic heterocycles. The van der Waals surface area contributed by atoms with Crippen molar-refractivity contribution >= 4 is 21.7 Å². The lowest BCUT2D eigenvalue weighted by Crippen LogP contribution is -2.20. The van der Waals surface area contributed by atoms with Crippen LogP contribution in [0.1, 0.15) is 0 Å². The molecule has 0 saturated heterocycles. The maximum atomic E-state index is 10.8. The summed E-state index contributed by atoms with van der Waals surface area (Å²) in [6.45, 7) is 0. The molecule has 0 saturated carbocycles. The Kier molecular flexibility index (Phi) is 2.58. The second-order valence-electron chi connectivity index (χ2n) is 2.09. The number of alkyl halides is 1. The zero-order valence-electron chi connectivity index (χ0n) is 6.21. The van der Waals surface area contributed by atoms with E-state index in [4.69, 9.17) is 21.8 Å². The van der Waals surface area contributed by atoms with Crippen LogP contribution in [-0.4, -0.2) is 28.6 Å². The van der Waals surface area contributed by atoms with E-state index < -0.39 is 27.1 Å². The number of hydrogen-bond acceptors (Lipinski definition) is 5. The summed E-state index contributed by atoms with van der Waals surface area (Å²) in [5.74, 6) is -1.07. The highest BCUT2D eigenvalue weighted by molar-refractivity contribution is 7.88. The van der Waals surface area contributed by atoms with Crippen LogP contribution >= 0.6 is 11.6 Å². The minimum Gasteiger partial charge on any atom is -0.492 e. The van der Waals surface area contributed by atoms with Crippen molar-refractivity contribution in [1.29, 1.82) is 0 Å². The first-order chi connectivity index (χ1) is 5.96. The van der Waals surface area contributed by atoms with Gasteiger partial charge in [-0.3, -0.25) is 4.28 Å². The van der Waals surface area contributed by atoms with E-state index in [9.17, 15) is 8.42 Å². The number of nitrogens with zero attached hydrogens (tertiary/aromatic N) is 1. The fourth-order valence-corrected chi connectivity index (χ4v) is 1.15. The van der Waals surface area contributed by atoms with Crippen molar-refractivity contribution in [3.8, 4) is 11.8 Å². The van der Waals surface area contributed by atoms with Gasteiger partial charge < -0.3 is 10.2 Å². The zero-order valence-corrected chi connectivity index (χ0v) is 7.79. The average Bonchev–Trinajstić information content (AvgIpc) is 2.36. The Bertz CT molecular complexity index is 378. The summed E-state index contributed by atoms with van der Waals surface area (Å²) in [7, 11) is -3.98. The molecule has 0 amide bonds. The molecular weight excluding hydrogens is 222 g/mol. The summed E-state index contributed by atoms with van der Waals surface area (Å²) in [5.41, 5.74) is 0. The summed E-state index contributed by atoms with van der Waals surface area (Å²) in [6, 6.07) is 2.14. The van der Waals surface area contributed by atoms with Gasteiger partial charge in [0.1, 0.15) is 0 Å². The van der Waals surface area contributed by atoms with Gasteiger partial charge in [0, 0.05) is 12.1 Å². The molecule has 74 valence electrons. The van der Waals surface area contributed by atoms with Crippen molar-refractivity contribution in [3.63, 3.8) is 0 Å². The average molecular weight is 228 g/mol. The molecule has 0 aliphatic rings. The van der Waals surface area contributed by atoms with Crippen LogP contribution in [-0.2, 0) is 10.1 Å². The van der Waals surface area contributed by atoms with Gasteiger partial charge in [-0.1, -0.05) is 4.73 Å². The molecule has 2 N–H and O–H groups in total. The molecule has 6 nitrogen and oxygen atoms in total. The van der Waals surface area contributed by atoms with Crippen LogP contribution in [0.4, 0.5) is 0 Å². The van der Waals surface area contributed by atoms with Crippen LogP contribution in [0.2, 0.25) is 0 Å². The smallest absolute Gasteiger partial charge is 0.341 e. The molecule has 0 fully saturated rings. The quantitative estimate of drug-likeness (QED) is 0.702.